The van der Waals surface area contributed by atoms with Gasteiger partial charge in [-0.25, -0.2) is 9.78 Å². The van der Waals surface area contributed by atoms with E-state index >= 15 is 0 Å². The van der Waals surface area contributed by atoms with Crippen LogP contribution in [-0.2, 0) is 4.74 Å². The van der Waals surface area contributed by atoms with Crippen LogP contribution in [0.25, 0.3) is 0 Å². The van der Waals surface area contributed by atoms with Crippen molar-refractivity contribution >= 4 is 17.5 Å². The zero-order chi connectivity index (χ0) is 14.3. The molecular weight excluding hydrogens is 242 g/mol. The fourth-order valence-corrected chi connectivity index (χ4v) is 1.86. The Morgan fingerprint density at radius 2 is 2.26 bits per heavy atom. The number of nitrogens with one attached hydrogen (secondary N) is 1. The summed E-state index contributed by atoms with van der Waals surface area (Å²) in [5, 5.41) is 3.27. The molecule has 0 fully saturated rings. The van der Waals surface area contributed by atoms with E-state index in [1.165, 1.54) is 32.6 Å². The molecule has 1 aromatic rings. The Morgan fingerprint density at radius 3 is 2.89 bits per heavy atom. The molecule has 0 bridgehead atoms. The molecule has 0 radical (unpaired) electrons. The highest BCUT2D eigenvalue weighted by Crippen LogP contribution is 2.17. The third kappa shape index (κ3) is 4.77. The summed E-state index contributed by atoms with van der Waals surface area (Å²) in [7, 11) is 1.34. The highest BCUT2D eigenvalue weighted by atomic mass is 16.5. The maximum absolute atomic E-state index is 11.5. The first-order valence-corrected chi connectivity index (χ1v) is 6.68. The summed E-state index contributed by atoms with van der Waals surface area (Å²) in [6, 6.07) is 1.95. The van der Waals surface area contributed by atoms with Crippen LogP contribution in [-0.4, -0.2) is 24.1 Å². The van der Waals surface area contributed by atoms with Gasteiger partial charge in [-0.15, -0.1) is 0 Å². The van der Waals surface area contributed by atoms with Crippen molar-refractivity contribution in [1.29, 1.82) is 0 Å². The van der Waals surface area contributed by atoms with Crippen molar-refractivity contribution in [3.63, 3.8) is 0 Å². The van der Waals surface area contributed by atoms with Crippen LogP contribution in [0.4, 0.5) is 11.5 Å². The molecule has 1 heterocycles. The van der Waals surface area contributed by atoms with Gasteiger partial charge in [-0.05, 0) is 19.4 Å². The Bertz CT molecular complexity index is 421. The molecule has 1 rings (SSSR count). The molecule has 1 unspecified atom stereocenters. The maximum Gasteiger partial charge on any atom is 0.340 e. The van der Waals surface area contributed by atoms with E-state index in [0.29, 0.717) is 23.1 Å². The van der Waals surface area contributed by atoms with Gasteiger partial charge in [0.1, 0.15) is 5.82 Å². The van der Waals surface area contributed by atoms with Crippen molar-refractivity contribution in [3.8, 4) is 0 Å². The first kappa shape index (κ1) is 15.3. The average molecular weight is 265 g/mol. The Labute approximate surface area is 114 Å². The molecule has 0 saturated carbocycles. The van der Waals surface area contributed by atoms with Gasteiger partial charge in [0.15, 0.2) is 0 Å². The number of anilines is 2. The van der Waals surface area contributed by atoms with E-state index in [1.54, 1.807) is 6.07 Å². The van der Waals surface area contributed by atoms with E-state index in [0.717, 1.165) is 6.42 Å². The first-order valence-electron chi connectivity index (χ1n) is 6.68. The highest BCUT2D eigenvalue weighted by molar-refractivity contribution is 5.95. The summed E-state index contributed by atoms with van der Waals surface area (Å²) in [6.45, 7) is 4.29. The Balaban J connectivity index is 2.66. The minimum atomic E-state index is -0.443. The molecule has 19 heavy (non-hydrogen) atoms. The average Bonchev–Trinajstić information content (AvgIpc) is 2.40. The Kier molecular flexibility index (Phi) is 6.12. The van der Waals surface area contributed by atoms with Gasteiger partial charge in [0, 0.05) is 6.04 Å². The number of ether oxygens (including phenoxy) is 1. The van der Waals surface area contributed by atoms with Crippen LogP contribution in [0.15, 0.2) is 12.3 Å². The lowest BCUT2D eigenvalue weighted by atomic mass is 10.1. The molecule has 1 atom stereocenters. The third-order valence-electron chi connectivity index (χ3n) is 2.98. The van der Waals surface area contributed by atoms with Crippen LogP contribution < -0.4 is 11.1 Å². The number of nitrogen functional groups attached to an aromatic ring is 1. The third-order valence-corrected chi connectivity index (χ3v) is 2.98. The number of esters is 1. The molecule has 0 spiro atoms. The molecule has 5 heteroatoms. The molecule has 1 aromatic heterocycles. The van der Waals surface area contributed by atoms with Crippen molar-refractivity contribution in [2.45, 2.75) is 45.6 Å². The normalized spacial score (nSPS) is 11.9. The summed E-state index contributed by atoms with van der Waals surface area (Å²) in [4.78, 5) is 15.7. The van der Waals surface area contributed by atoms with Crippen LogP contribution in [0.5, 0.6) is 0 Å². The number of nitrogens with two attached hydrogens (primary N) is 1. The number of nitrogens with zero attached hydrogens (tertiary/aromatic N) is 1. The molecule has 3 N–H and O–H groups in total. The summed E-state index contributed by atoms with van der Waals surface area (Å²) < 4.78 is 4.68. The fourth-order valence-electron chi connectivity index (χ4n) is 1.86. The zero-order valence-electron chi connectivity index (χ0n) is 11.9. The van der Waals surface area contributed by atoms with Gasteiger partial charge in [0.05, 0.1) is 24.6 Å². The van der Waals surface area contributed by atoms with E-state index in [2.05, 4.69) is 28.9 Å². The predicted molar refractivity (Wildman–Crippen MR) is 77.2 cm³/mol. The van der Waals surface area contributed by atoms with E-state index in [1.807, 2.05) is 0 Å². The van der Waals surface area contributed by atoms with Crippen LogP contribution in [0.3, 0.4) is 0 Å². The van der Waals surface area contributed by atoms with E-state index < -0.39 is 5.97 Å². The first-order chi connectivity index (χ1) is 9.08. The lowest BCUT2D eigenvalue weighted by Crippen LogP contribution is -2.17. The highest BCUT2D eigenvalue weighted by Gasteiger charge is 2.12. The molecule has 0 aliphatic heterocycles. The number of aromatic nitrogens is 1. The number of carbonyl (C=O) groups excluding carboxylic acids is 1. The number of carbonyl (C=O) groups is 1. The minimum Gasteiger partial charge on any atom is -0.465 e. The second-order valence-electron chi connectivity index (χ2n) is 4.69. The second kappa shape index (κ2) is 7.61. The summed E-state index contributed by atoms with van der Waals surface area (Å²) in [6.07, 6.45) is 6.18. The molecule has 0 aliphatic rings. The number of hydrogen-bond acceptors (Lipinski definition) is 5. The van der Waals surface area contributed by atoms with Crippen LogP contribution in [0.1, 0.15) is 49.9 Å². The molecular formula is C14H23N3O2. The maximum atomic E-state index is 11.5. The van der Waals surface area contributed by atoms with Crippen LogP contribution in [0, 0.1) is 0 Å². The van der Waals surface area contributed by atoms with Gasteiger partial charge >= 0.3 is 5.97 Å². The van der Waals surface area contributed by atoms with Crippen molar-refractivity contribution in [3.05, 3.63) is 17.8 Å². The Morgan fingerprint density at radius 1 is 1.53 bits per heavy atom. The van der Waals surface area contributed by atoms with Crippen LogP contribution >= 0.6 is 0 Å². The Hall–Kier alpha value is -1.78. The summed E-state index contributed by atoms with van der Waals surface area (Å²) >= 11 is 0. The van der Waals surface area contributed by atoms with Gasteiger partial charge in [0.25, 0.3) is 0 Å². The van der Waals surface area contributed by atoms with Gasteiger partial charge < -0.3 is 15.8 Å². The lowest BCUT2D eigenvalue weighted by molar-refractivity contribution is 0.0602. The van der Waals surface area contributed by atoms with Gasteiger partial charge in [0.2, 0.25) is 0 Å². The fraction of sp³-hybridized carbons (Fsp3) is 0.571. The number of rotatable bonds is 7. The molecule has 0 aromatic carbocycles. The van der Waals surface area contributed by atoms with Crippen molar-refractivity contribution in [2.24, 2.45) is 0 Å². The number of pyridine rings is 1. The predicted octanol–water partition coefficient (Wildman–Crippen LogP) is 2.83. The molecule has 0 amide bonds. The van der Waals surface area contributed by atoms with Gasteiger partial charge in [-0.2, -0.15) is 0 Å². The van der Waals surface area contributed by atoms with Gasteiger partial charge in [-0.1, -0.05) is 26.2 Å². The number of hydrogen-bond donors (Lipinski definition) is 2. The molecule has 5 nitrogen and oxygen atoms in total. The standard InChI is InChI=1S/C14H23N3O2/c1-4-5-6-7-10(2)17-13-8-11(14(18)19-3)12(15)9-16-13/h8-10H,4-7,15H2,1-3H3,(H,16,17). The van der Waals surface area contributed by atoms with E-state index in [4.69, 9.17) is 5.73 Å². The lowest BCUT2D eigenvalue weighted by Gasteiger charge is -2.15. The van der Waals surface area contributed by atoms with Crippen molar-refractivity contribution in [2.75, 3.05) is 18.2 Å². The number of unbranched alkanes of at least 4 members (excludes halogenated alkanes) is 2. The van der Waals surface area contributed by atoms with Gasteiger partial charge in [-0.3, -0.25) is 0 Å². The molecule has 0 saturated heterocycles. The monoisotopic (exact) mass is 265 g/mol. The topological polar surface area (TPSA) is 77.2 Å². The second-order valence-corrected chi connectivity index (χ2v) is 4.69. The minimum absolute atomic E-state index is 0.313. The quantitative estimate of drug-likeness (QED) is 0.585. The smallest absolute Gasteiger partial charge is 0.340 e. The zero-order valence-corrected chi connectivity index (χ0v) is 11.9. The summed E-state index contributed by atoms with van der Waals surface area (Å²) in [5.74, 6) is 0.209. The van der Waals surface area contributed by atoms with Crippen molar-refractivity contribution < 1.29 is 9.53 Å². The number of methoxy groups -OCH3 is 1. The SMILES string of the molecule is CCCCCC(C)Nc1cc(C(=O)OC)c(N)cn1. The van der Waals surface area contributed by atoms with E-state index in [9.17, 15) is 4.79 Å². The van der Waals surface area contributed by atoms with Crippen LogP contribution in [0.2, 0.25) is 0 Å². The largest absolute Gasteiger partial charge is 0.465 e. The molecule has 0 aliphatic carbocycles. The van der Waals surface area contributed by atoms with E-state index in [-0.39, 0.29) is 0 Å². The van der Waals surface area contributed by atoms with Crippen molar-refractivity contribution in [1.82, 2.24) is 4.98 Å². The molecule has 106 valence electrons. The summed E-state index contributed by atoms with van der Waals surface area (Å²) in [5.41, 5.74) is 6.38.